The second-order valence-electron chi connectivity index (χ2n) is 5.90. The van der Waals surface area contributed by atoms with Gasteiger partial charge in [0.1, 0.15) is 0 Å². The van der Waals surface area contributed by atoms with Crippen LogP contribution in [-0.2, 0) is 0 Å². The fourth-order valence-electron chi connectivity index (χ4n) is 3.30. The minimum absolute atomic E-state index is 0.145. The maximum Gasteiger partial charge on any atom is 0.253 e. The summed E-state index contributed by atoms with van der Waals surface area (Å²) in [6.45, 7) is 7.41. The lowest BCUT2D eigenvalue weighted by Gasteiger charge is -2.47. The van der Waals surface area contributed by atoms with Crippen LogP contribution in [0.4, 0.5) is 5.69 Å². The van der Waals surface area contributed by atoms with E-state index in [1.807, 2.05) is 17.0 Å². The van der Waals surface area contributed by atoms with E-state index in [1.54, 1.807) is 12.1 Å². The SMILES string of the molecule is CCN1CC2(CCN(C(=O)c3ccc(N)cc3)C2)C1. The average molecular weight is 259 g/mol. The van der Waals surface area contributed by atoms with Crippen LogP contribution in [0.3, 0.4) is 0 Å². The first-order chi connectivity index (χ1) is 9.12. The molecule has 0 bridgehead atoms. The Hall–Kier alpha value is -1.55. The summed E-state index contributed by atoms with van der Waals surface area (Å²) < 4.78 is 0. The maximum atomic E-state index is 12.4. The van der Waals surface area contributed by atoms with Crippen molar-refractivity contribution >= 4 is 11.6 Å². The van der Waals surface area contributed by atoms with Crippen molar-refractivity contribution in [2.24, 2.45) is 5.41 Å². The number of hydrogen-bond acceptors (Lipinski definition) is 3. The summed E-state index contributed by atoms with van der Waals surface area (Å²) in [5, 5.41) is 0. The molecule has 0 unspecified atom stereocenters. The number of nitrogens with zero attached hydrogens (tertiary/aromatic N) is 2. The summed E-state index contributed by atoms with van der Waals surface area (Å²) in [6.07, 6.45) is 1.14. The van der Waals surface area contributed by atoms with E-state index in [0.717, 1.165) is 44.7 Å². The van der Waals surface area contributed by atoms with E-state index < -0.39 is 0 Å². The number of carbonyl (C=O) groups excluding carboxylic acids is 1. The molecule has 0 atom stereocenters. The molecule has 1 amide bonds. The lowest BCUT2D eigenvalue weighted by molar-refractivity contribution is 0.0130. The number of hydrogen-bond donors (Lipinski definition) is 1. The van der Waals surface area contributed by atoms with Crippen LogP contribution in [0, 0.1) is 5.41 Å². The normalized spacial score (nSPS) is 21.6. The fraction of sp³-hybridized carbons (Fsp3) is 0.533. The van der Waals surface area contributed by atoms with Crippen molar-refractivity contribution in [3.8, 4) is 0 Å². The van der Waals surface area contributed by atoms with Gasteiger partial charge in [0.25, 0.3) is 5.91 Å². The second kappa shape index (κ2) is 4.53. The molecule has 2 aliphatic rings. The second-order valence-corrected chi connectivity index (χ2v) is 5.90. The van der Waals surface area contributed by atoms with E-state index in [2.05, 4.69) is 11.8 Å². The highest BCUT2D eigenvalue weighted by Crippen LogP contribution is 2.39. The van der Waals surface area contributed by atoms with Gasteiger partial charge >= 0.3 is 0 Å². The number of anilines is 1. The first-order valence-corrected chi connectivity index (χ1v) is 6.99. The van der Waals surface area contributed by atoms with Crippen LogP contribution in [0.15, 0.2) is 24.3 Å². The molecule has 4 heteroatoms. The van der Waals surface area contributed by atoms with Crippen molar-refractivity contribution in [1.82, 2.24) is 9.80 Å². The Morgan fingerprint density at radius 3 is 2.58 bits per heavy atom. The molecule has 2 saturated heterocycles. The standard InChI is InChI=1S/C15H21N3O/c1-2-17-9-15(10-17)7-8-18(11-15)14(19)12-3-5-13(16)6-4-12/h3-6H,2,7-11,16H2,1H3. The third-order valence-electron chi connectivity index (χ3n) is 4.45. The Bertz CT molecular complexity index is 477. The summed E-state index contributed by atoms with van der Waals surface area (Å²) in [6, 6.07) is 7.23. The predicted molar refractivity (Wildman–Crippen MR) is 75.9 cm³/mol. The van der Waals surface area contributed by atoms with Gasteiger partial charge in [0.05, 0.1) is 0 Å². The lowest BCUT2D eigenvalue weighted by Crippen LogP contribution is -2.57. The van der Waals surface area contributed by atoms with E-state index in [1.165, 1.54) is 0 Å². The van der Waals surface area contributed by atoms with Gasteiger partial charge in [-0.1, -0.05) is 6.92 Å². The van der Waals surface area contributed by atoms with E-state index in [9.17, 15) is 4.79 Å². The Labute approximate surface area is 114 Å². The number of carbonyl (C=O) groups is 1. The van der Waals surface area contributed by atoms with Crippen molar-refractivity contribution in [3.63, 3.8) is 0 Å². The Kier molecular flexibility index (Phi) is 2.97. The molecule has 3 rings (SSSR count). The van der Waals surface area contributed by atoms with Crippen molar-refractivity contribution < 1.29 is 4.79 Å². The molecule has 1 spiro atoms. The highest BCUT2D eigenvalue weighted by atomic mass is 16.2. The zero-order valence-corrected chi connectivity index (χ0v) is 11.4. The zero-order valence-electron chi connectivity index (χ0n) is 11.4. The van der Waals surface area contributed by atoms with Gasteiger partial charge in [-0.25, -0.2) is 0 Å². The monoisotopic (exact) mass is 259 g/mol. The Morgan fingerprint density at radius 2 is 1.95 bits per heavy atom. The van der Waals surface area contributed by atoms with Gasteiger partial charge in [0.15, 0.2) is 0 Å². The zero-order chi connectivity index (χ0) is 13.5. The quantitative estimate of drug-likeness (QED) is 0.818. The van der Waals surface area contributed by atoms with E-state index >= 15 is 0 Å². The first-order valence-electron chi connectivity index (χ1n) is 6.99. The topological polar surface area (TPSA) is 49.6 Å². The molecule has 2 fully saturated rings. The molecule has 1 aromatic carbocycles. The third kappa shape index (κ3) is 2.21. The van der Waals surface area contributed by atoms with Crippen molar-refractivity contribution in [1.29, 1.82) is 0 Å². The lowest BCUT2D eigenvalue weighted by atomic mass is 9.79. The number of likely N-dealkylation sites (tertiary alicyclic amines) is 2. The molecular weight excluding hydrogens is 238 g/mol. The molecular formula is C15H21N3O. The van der Waals surface area contributed by atoms with Crippen LogP contribution in [0.5, 0.6) is 0 Å². The molecule has 2 aliphatic heterocycles. The van der Waals surface area contributed by atoms with Crippen molar-refractivity contribution in [2.75, 3.05) is 38.5 Å². The van der Waals surface area contributed by atoms with Gasteiger partial charge in [0.2, 0.25) is 0 Å². The number of nitrogen functional groups attached to an aromatic ring is 1. The van der Waals surface area contributed by atoms with Gasteiger partial charge in [0, 0.05) is 42.8 Å². The van der Waals surface area contributed by atoms with Crippen LogP contribution in [0.1, 0.15) is 23.7 Å². The number of nitrogens with two attached hydrogens (primary N) is 1. The van der Waals surface area contributed by atoms with Crippen molar-refractivity contribution in [2.45, 2.75) is 13.3 Å². The molecule has 0 radical (unpaired) electrons. The summed E-state index contributed by atoms with van der Waals surface area (Å²) in [4.78, 5) is 16.8. The fourth-order valence-corrected chi connectivity index (χ4v) is 3.30. The molecule has 0 aromatic heterocycles. The van der Waals surface area contributed by atoms with Gasteiger partial charge < -0.3 is 15.5 Å². The summed E-state index contributed by atoms with van der Waals surface area (Å²) in [7, 11) is 0. The largest absolute Gasteiger partial charge is 0.399 e. The average Bonchev–Trinajstić information content (AvgIpc) is 2.82. The number of rotatable bonds is 2. The molecule has 2 heterocycles. The van der Waals surface area contributed by atoms with Crippen LogP contribution in [0.25, 0.3) is 0 Å². The van der Waals surface area contributed by atoms with Crippen molar-refractivity contribution in [3.05, 3.63) is 29.8 Å². The molecule has 19 heavy (non-hydrogen) atoms. The molecule has 102 valence electrons. The molecule has 4 nitrogen and oxygen atoms in total. The Morgan fingerprint density at radius 1 is 1.26 bits per heavy atom. The molecule has 0 aliphatic carbocycles. The van der Waals surface area contributed by atoms with E-state index in [-0.39, 0.29) is 5.91 Å². The van der Waals surface area contributed by atoms with Crippen LogP contribution in [-0.4, -0.2) is 48.4 Å². The Balaban J connectivity index is 1.65. The predicted octanol–water partition coefficient (Wildman–Crippen LogP) is 1.44. The number of benzene rings is 1. The smallest absolute Gasteiger partial charge is 0.253 e. The third-order valence-corrected chi connectivity index (χ3v) is 4.45. The van der Waals surface area contributed by atoms with Crippen LogP contribution >= 0.6 is 0 Å². The summed E-state index contributed by atoms with van der Waals surface area (Å²) in [5.74, 6) is 0.145. The maximum absolute atomic E-state index is 12.4. The van der Waals surface area contributed by atoms with Gasteiger partial charge in [-0.05, 0) is 37.2 Å². The summed E-state index contributed by atoms with van der Waals surface area (Å²) >= 11 is 0. The minimum Gasteiger partial charge on any atom is -0.399 e. The molecule has 0 saturated carbocycles. The summed E-state index contributed by atoms with van der Waals surface area (Å²) in [5.41, 5.74) is 7.48. The molecule has 1 aromatic rings. The van der Waals surface area contributed by atoms with Crippen LogP contribution in [0.2, 0.25) is 0 Å². The number of amides is 1. The first kappa shape index (κ1) is 12.5. The highest BCUT2D eigenvalue weighted by Gasteiger charge is 2.47. The van der Waals surface area contributed by atoms with Gasteiger partial charge in [-0.2, -0.15) is 0 Å². The van der Waals surface area contributed by atoms with Gasteiger partial charge in [-0.3, -0.25) is 4.79 Å². The minimum atomic E-state index is 0.145. The van der Waals surface area contributed by atoms with Gasteiger partial charge in [-0.15, -0.1) is 0 Å². The van der Waals surface area contributed by atoms with E-state index in [4.69, 9.17) is 5.73 Å². The van der Waals surface area contributed by atoms with Crippen LogP contribution < -0.4 is 5.73 Å². The highest BCUT2D eigenvalue weighted by molar-refractivity contribution is 5.94. The molecule has 2 N–H and O–H groups in total. The van der Waals surface area contributed by atoms with E-state index in [0.29, 0.717) is 11.1 Å².